The standard InChI is InChI=1S/C60H111NO13/c1-3-5-7-9-11-13-15-16-17-18-19-20-21-22-23-24-25-26-27-28-29-30-31-32-34-36-38-40-42-44-52(65)61-48(49(64)43-41-39-37-35-33-14-12-10-8-6-4-2)47-71-59-57(70)55(68)58(51(46-63)73-59)74-60-56(69)54(67)53(66)50(45-62)72-60/h15-16,18-19,41,43,48-51,53-60,62-64,66-70H,3-14,17,20-40,42,44-47H2,1-2H3,(H,61,65)/b16-15-,19-18-,43-41+. The first-order chi connectivity index (χ1) is 36.1. The Morgan fingerprint density at radius 2 is 0.892 bits per heavy atom. The Bertz CT molecular complexity index is 1380. The van der Waals surface area contributed by atoms with Crippen molar-refractivity contribution in [3.05, 3.63) is 36.5 Å². The zero-order chi connectivity index (χ0) is 53.9. The van der Waals surface area contributed by atoms with E-state index >= 15 is 0 Å². The van der Waals surface area contributed by atoms with E-state index in [1.807, 2.05) is 6.08 Å². The fourth-order valence-corrected chi connectivity index (χ4v) is 9.91. The summed E-state index contributed by atoms with van der Waals surface area (Å²) in [6, 6.07) is -0.911. The average Bonchev–Trinajstić information content (AvgIpc) is 3.40. The number of hydrogen-bond donors (Lipinski definition) is 9. The zero-order valence-corrected chi connectivity index (χ0v) is 46.6. The summed E-state index contributed by atoms with van der Waals surface area (Å²) in [6.07, 6.45) is 39.2. The van der Waals surface area contributed by atoms with Crippen LogP contribution in [0.1, 0.15) is 245 Å². The minimum Gasteiger partial charge on any atom is -0.394 e. The topological polar surface area (TPSA) is 228 Å². The lowest BCUT2D eigenvalue weighted by Gasteiger charge is -2.46. The molecule has 1 amide bonds. The molecule has 2 fully saturated rings. The van der Waals surface area contributed by atoms with Crippen molar-refractivity contribution in [2.24, 2.45) is 0 Å². The van der Waals surface area contributed by atoms with Gasteiger partial charge in [0.25, 0.3) is 0 Å². The van der Waals surface area contributed by atoms with Gasteiger partial charge in [0.2, 0.25) is 5.91 Å². The van der Waals surface area contributed by atoms with Crippen LogP contribution in [0, 0.1) is 0 Å². The van der Waals surface area contributed by atoms with Crippen LogP contribution in [-0.4, -0.2) is 140 Å². The summed E-state index contributed by atoms with van der Waals surface area (Å²) in [5.74, 6) is -0.239. The number of ether oxygens (including phenoxy) is 4. The number of amides is 1. The molecule has 2 rings (SSSR count). The van der Waals surface area contributed by atoms with Crippen molar-refractivity contribution in [2.45, 2.75) is 319 Å². The van der Waals surface area contributed by atoms with Gasteiger partial charge >= 0.3 is 0 Å². The molecule has 14 nitrogen and oxygen atoms in total. The number of hydrogen-bond acceptors (Lipinski definition) is 13. The largest absolute Gasteiger partial charge is 0.394 e. The summed E-state index contributed by atoms with van der Waals surface area (Å²) in [4.78, 5) is 13.2. The lowest BCUT2D eigenvalue weighted by Crippen LogP contribution is -2.65. The van der Waals surface area contributed by atoms with Crippen LogP contribution in [0.15, 0.2) is 36.5 Å². The number of unbranched alkanes of at least 4 members (excludes halogenated alkanes) is 31. The van der Waals surface area contributed by atoms with E-state index < -0.39 is 86.8 Å². The Hall–Kier alpha value is -1.79. The first-order valence-electron chi connectivity index (χ1n) is 30.2. The maximum Gasteiger partial charge on any atom is 0.220 e. The van der Waals surface area contributed by atoms with Gasteiger partial charge in [0.1, 0.15) is 48.8 Å². The second-order valence-electron chi connectivity index (χ2n) is 21.5. The lowest BCUT2D eigenvalue weighted by atomic mass is 9.97. The molecule has 2 aliphatic rings. The van der Waals surface area contributed by atoms with E-state index in [1.54, 1.807) is 6.08 Å². The highest BCUT2D eigenvalue weighted by Crippen LogP contribution is 2.30. The number of aliphatic hydroxyl groups is 8. The monoisotopic (exact) mass is 1050 g/mol. The van der Waals surface area contributed by atoms with Gasteiger partial charge in [0.05, 0.1) is 32.0 Å². The quantitative estimate of drug-likeness (QED) is 0.0204. The Labute approximate surface area is 449 Å². The van der Waals surface area contributed by atoms with E-state index in [9.17, 15) is 45.6 Å². The SMILES string of the molecule is CCCCCCC/C=C\C/C=C\CCCCCCCCCCCCCCCCCCCC(=O)NC(COC1OC(CO)C(OC2OC(CO)C(O)C(O)C2O)C(O)C1O)C(O)/C=C/CCCCCCCCCCC. The normalized spacial score (nSPS) is 25.4. The van der Waals surface area contributed by atoms with Crippen LogP contribution in [0.4, 0.5) is 0 Å². The molecule has 2 heterocycles. The summed E-state index contributed by atoms with van der Waals surface area (Å²) in [6.45, 7) is 2.78. The molecule has 0 radical (unpaired) electrons. The summed E-state index contributed by atoms with van der Waals surface area (Å²) >= 11 is 0. The first-order valence-corrected chi connectivity index (χ1v) is 30.2. The van der Waals surface area contributed by atoms with Gasteiger partial charge in [0.15, 0.2) is 12.6 Å². The van der Waals surface area contributed by atoms with Crippen molar-refractivity contribution in [3.63, 3.8) is 0 Å². The van der Waals surface area contributed by atoms with Crippen LogP contribution in [0.25, 0.3) is 0 Å². The molecule has 0 aromatic carbocycles. The van der Waals surface area contributed by atoms with Gasteiger partial charge in [-0.2, -0.15) is 0 Å². The highest BCUT2D eigenvalue weighted by atomic mass is 16.7. The van der Waals surface area contributed by atoms with Gasteiger partial charge in [-0.1, -0.05) is 224 Å². The summed E-state index contributed by atoms with van der Waals surface area (Å²) in [7, 11) is 0. The van der Waals surface area contributed by atoms with Gasteiger partial charge in [-0.15, -0.1) is 0 Å². The molecule has 0 aliphatic carbocycles. The Kier molecular flexibility index (Phi) is 42.6. The molecule has 0 aromatic rings. The van der Waals surface area contributed by atoms with E-state index in [-0.39, 0.29) is 18.9 Å². The van der Waals surface area contributed by atoms with Crippen molar-refractivity contribution in [1.29, 1.82) is 0 Å². The molecule has 2 saturated heterocycles. The minimum atomic E-state index is -1.79. The van der Waals surface area contributed by atoms with E-state index in [4.69, 9.17) is 18.9 Å². The van der Waals surface area contributed by atoms with Gasteiger partial charge in [-0.25, -0.2) is 0 Å². The highest BCUT2D eigenvalue weighted by Gasteiger charge is 2.51. The van der Waals surface area contributed by atoms with E-state index in [2.05, 4.69) is 43.5 Å². The number of nitrogens with one attached hydrogen (secondary N) is 1. The van der Waals surface area contributed by atoms with Crippen LogP contribution in [0.2, 0.25) is 0 Å². The molecule has 0 aromatic heterocycles. The maximum absolute atomic E-state index is 13.2. The Morgan fingerprint density at radius 3 is 1.35 bits per heavy atom. The fraction of sp³-hybridized carbons (Fsp3) is 0.883. The van der Waals surface area contributed by atoms with Crippen molar-refractivity contribution < 1.29 is 64.6 Å². The molecule has 9 N–H and O–H groups in total. The van der Waals surface area contributed by atoms with Crippen molar-refractivity contribution in [2.75, 3.05) is 19.8 Å². The molecule has 0 saturated carbocycles. The van der Waals surface area contributed by atoms with Gasteiger partial charge < -0.3 is 65.1 Å². The third-order valence-corrected chi connectivity index (χ3v) is 14.8. The highest BCUT2D eigenvalue weighted by molar-refractivity contribution is 5.76. The Morgan fingerprint density at radius 1 is 0.486 bits per heavy atom. The number of aliphatic hydroxyl groups excluding tert-OH is 8. The van der Waals surface area contributed by atoms with Crippen LogP contribution in [-0.2, 0) is 23.7 Å². The minimum absolute atomic E-state index is 0.239. The van der Waals surface area contributed by atoms with Crippen LogP contribution < -0.4 is 5.32 Å². The fourth-order valence-electron chi connectivity index (χ4n) is 9.91. The Balaban J connectivity index is 1.66. The number of rotatable bonds is 48. The predicted molar refractivity (Wildman–Crippen MR) is 295 cm³/mol. The van der Waals surface area contributed by atoms with E-state index in [0.717, 1.165) is 44.9 Å². The molecule has 434 valence electrons. The summed E-state index contributed by atoms with van der Waals surface area (Å²) < 4.78 is 22.7. The molecule has 0 spiro atoms. The van der Waals surface area contributed by atoms with Gasteiger partial charge in [-0.3, -0.25) is 4.79 Å². The van der Waals surface area contributed by atoms with Crippen LogP contribution in [0.3, 0.4) is 0 Å². The third-order valence-electron chi connectivity index (χ3n) is 14.8. The van der Waals surface area contributed by atoms with Crippen LogP contribution >= 0.6 is 0 Å². The molecular formula is C60H111NO13. The lowest BCUT2D eigenvalue weighted by molar-refractivity contribution is -0.359. The average molecular weight is 1050 g/mol. The number of allylic oxidation sites excluding steroid dienone is 5. The number of carbonyl (C=O) groups is 1. The second-order valence-corrected chi connectivity index (χ2v) is 21.5. The molecule has 0 bridgehead atoms. The van der Waals surface area contributed by atoms with Crippen molar-refractivity contribution >= 4 is 5.91 Å². The molecule has 12 unspecified atom stereocenters. The molecule has 2 aliphatic heterocycles. The first kappa shape index (κ1) is 68.3. The van der Waals surface area contributed by atoms with E-state index in [0.29, 0.717) is 6.42 Å². The van der Waals surface area contributed by atoms with E-state index in [1.165, 1.54) is 173 Å². The molecular weight excluding hydrogens is 943 g/mol. The van der Waals surface area contributed by atoms with Crippen LogP contribution in [0.5, 0.6) is 0 Å². The third kappa shape index (κ3) is 31.6. The number of carbonyl (C=O) groups excluding carboxylic acids is 1. The maximum atomic E-state index is 13.2. The molecule has 12 atom stereocenters. The molecule has 14 heteroatoms. The van der Waals surface area contributed by atoms with Crippen molar-refractivity contribution in [1.82, 2.24) is 5.32 Å². The summed E-state index contributed by atoms with van der Waals surface area (Å²) in [5.41, 5.74) is 0. The zero-order valence-electron chi connectivity index (χ0n) is 46.6. The van der Waals surface area contributed by atoms with Gasteiger partial charge in [-0.05, 0) is 51.4 Å². The smallest absolute Gasteiger partial charge is 0.220 e. The van der Waals surface area contributed by atoms with Gasteiger partial charge in [0, 0.05) is 6.42 Å². The van der Waals surface area contributed by atoms with Crippen molar-refractivity contribution in [3.8, 4) is 0 Å². The summed E-state index contributed by atoms with van der Waals surface area (Å²) in [5, 5.41) is 86.9. The predicted octanol–water partition coefficient (Wildman–Crippen LogP) is 10.2. The second kappa shape index (κ2) is 46.2. The molecule has 74 heavy (non-hydrogen) atoms.